The summed E-state index contributed by atoms with van der Waals surface area (Å²) in [6.07, 6.45) is -0.0323. The van der Waals surface area contributed by atoms with Crippen LogP contribution in [0.3, 0.4) is 0 Å². The van der Waals surface area contributed by atoms with Crippen LogP contribution in [0.4, 0.5) is 5.69 Å². The number of aliphatic hydroxyl groups is 1. The van der Waals surface area contributed by atoms with Gasteiger partial charge in [-0.05, 0) is 56.0 Å². The fraction of sp³-hybridized carbons (Fsp3) is 0.200. The van der Waals surface area contributed by atoms with E-state index in [1.54, 1.807) is 24.3 Å². The van der Waals surface area contributed by atoms with E-state index in [1.165, 1.54) is 16.2 Å². The Bertz CT molecular complexity index is 1160. The first-order chi connectivity index (χ1) is 14.9. The number of thiophene rings is 1. The Morgan fingerprint density at radius 1 is 1.06 bits per heavy atom. The average molecular weight is 434 g/mol. The minimum absolute atomic E-state index is 0.0323. The van der Waals surface area contributed by atoms with Crippen molar-refractivity contribution in [1.29, 1.82) is 0 Å². The summed E-state index contributed by atoms with van der Waals surface area (Å²) in [6, 6.07) is 17.4. The van der Waals surface area contributed by atoms with Crippen LogP contribution < -0.4 is 9.64 Å². The van der Waals surface area contributed by atoms with Crippen LogP contribution in [0.1, 0.15) is 35.9 Å². The number of ether oxygens (including phenoxy) is 1. The van der Waals surface area contributed by atoms with E-state index in [1.807, 2.05) is 62.5 Å². The molecule has 3 aromatic rings. The molecule has 1 unspecified atom stereocenters. The number of Topliss-reactive ketones (excluding diaryl/α,β-unsaturated/α-hetero) is 1. The molecule has 6 heteroatoms. The lowest BCUT2D eigenvalue weighted by molar-refractivity contribution is -0.132. The van der Waals surface area contributed by atoms with Gasteiger partial charge in [-0.3, -0.25) is 14.5 Å². The molecule has 5 nitrogen and oxygen atoms in total. The van der Waals surface area contributed by atoms with Crippen LogP contribution in [-0.2, 0) is 9.59 Å². The lowest BCUT2D eigenvalue weighted by Gasteiger charge is -2.25. The third kappa shape index (κ3) is 3.86. The van der Waals surface area contributed by atoms with Crippen molar-refractivity contribution >= 4 is 34.5 Å². The molecule has 1 saturated heterocycles. The van der Waals surface area contributed by atoms with Gasteiger partial charge in [0.1, 0.15) is 17.6 Å². The largest absolute Gasteiger partial charge is 0.507 e. The van der Waals surface area contributed by atoms with Gasteiger partial charge in [-0.25, -0.2) is 0 Å². The van der Waals surface area contributed by atoms with Gasteiger partial charge in [-0.1, -0.05) is 36.4 Å². The number of para-hydroxylation sites is 1. The predicted octanol–water partition coefficient (Wildman–Crippen LogP) is 5.47. The Labute approximate surface area is 185 Å². The van der Waals surface area contributed by atoms with Gasteiger partial charge in [0.2, 0.25) is 0 Å². The Kier molecular flexibility index (Phi) is 5.65. The molecule has 1 amide bonds. The Morgan fingerprint density at radius 2 is 1.84 bits per heavy atom. The third-order valence-corrected chi connectivity index (χ3v) is 6.04. The van der Waals surface area contributed by atoms with E-state index in [-0.39, 0.29) is 17.4 Å². The third-order valence-electron chi connectivity index (χ3n) is 5.11. The summed E-state index contributed by atoms with van der Waals surface area (Å²) < 4.78 is 5.73. The molecule has 1 atom stereocenters. The minimum atomic E-state index is -0.700. The fourth-order valence-electron chi connectivity index (χ4n) is 3.78. The van der Waals surface area contributed by atoms with Crippen LogP contribution in [-0.4, -0.2) is 22.9 Å². The summed E-state index contributed by atoms with van der Waals surface area (Å²) in [5.41, 5.74) is 2.04. The smallest absolute Gasteiger partial charge is 0.300 e. The SMILES string of the molecule is Cc1ccccc1N1C(=O)C(=O)/C(=C(\O)c2cccc(OC(C)C)c2)C1c1cccs1. The second-order valence-electron chi connectivity index (χ2n) is 7.67. The number of carbonyl (C=O) groups is 2. The van der Waals surface area contributed by atoms with Gasteiger partial charge in [0.05, 0.1) is 11.7 Å². The minimum Gasteiger partial charge on any atom is -0.507 e. The fourth-order valence-corrected chi connectivity index (χ4v) is 4.60. The number of nitrogens with zero attached hydrogens (tertiary/aromatic N) is 1. The van der Waals surface area contributed by atoms with Crippen LogP contribution >= 0.6 is 11.3 Å². The van der Waals surface area contributed by atoms with Crippen molar-refractivity contribution in [2.24, 2.45) is 0 Å². The molecule has 0 aliphatic carbocycles. The normalized spacial score (nSPS) is 18.1. The number of aryl methyl sites for hydroxylation is 1. The van der Waals surface area contributed by atoms with E-state index in [0.717, 1.165) is 10.4 Å². The van der Waals surface area contributed by atoms with E-state index in [0.29, 0.717) is 17.0 Å². The summed E-state index contributed by atoms with van der Waals surface area (Å²) in [6.45, 7) is 5.72. The second kappa shape index (κ2) is 8.40. The van der Waals surface area contributed by atoms with Crippen molar-refractivity contribution in [3.8, 4) is 5.75 Å². The molecule has 1 aliphatic heterocycles. The summed E-state index contributed by atoms with van der Waals surface area (Å²) in [7, 11) is 0. The summed E-state index contributed by atoms with van der Waals surface area (Å²) in [4.78, 5) is 28.6. The summed E-state index contributed by atoms with van der Waals surface area (Å²) in [5, 5.41) is 13.1. The van der Waals surface area contributed by atoms with Gasteiger partial charge in [-0.15, -0.1) is 11.3 Å². The molecular formula is C25H23NO4S. The van der Waals surface area contributed by atoms with Gasteiger partial charge in [0.25, 0.3) is 11.7 Å². The number of rotatable bonds is 5. The molecule has 1 aliphatic rings. The van der Waals surface area contributed by atoms with E-state index >= 15 is 0 Å². The molecule has 158 valence electrons. The van der Waals surface area contributed by atoms with Crippen molar-refractivity contribution in [2.45, 2.75) is 32.9 Å². The number of benzene rings is 2. The molecule has 0 spiro atoms. The Balaban J connectivity index is 1.89. The molecule has 0 bridgehead atoms. The first kappa shape index (κ1) is 20.9. The maximum absolute atomic E-state index is 13.1. The Hall–Kier alpha value is -3.38. The molecule has 0 radical (unpaired) electrons. The molecule has 2 heterocycles. The highest BCUT2D eigenvalue weighted by Gasteiger charge is 2.47. The molecule has 2 aromatic carbocycles. The van der Waals surface area contributed by atoms with Crippen molar-refractivity contribution in [1.82, 2.24) is 0 Å². The Morgan fingerprint density at radius 3 is 2.52 bits per heavy atom. The van der Waals surface area contributed by atoms with Crippen molar-refractivity contribution in [2.75, 3.05) is 4.90 Å². The van der Waals surface area contributed by atoms with E-state index in [2.05, 4.69) is 0 Å². The number of anilines is 1. The zero-order valence-electron chi connectivity index (χ0n) is 17.5. The molecule has 0 saturated carbocycles. The highest BCUT2D eigenvalue weighted by molar-refractivity contribution is 7.10. The van der Waals surface area contributed by atoms with Crippen molar-refractivity contribution < 1.29 is 19.4 Å². The van der Waals surface area contributed by atoms with E-state index < -0.39 is 17.7 Å². The number of hydrogen-bond donors (Lipinski definition) is 1. The van der Waals surface area contributed by atoms with Gasteiger partial charge in [0, 0.05) is 16.1 Å². The molecule has 1 aromatic heterocycles. The molecule has 1 fully saturated rings. The maximum Gasteiger partial charge on any atom is 0.300 e. The van der Waals surface area contributed by atoms with E-state index in [4.69, 9.17) is 4.74 Å². The first-order valence-corrected chi connectivity index (χ1v) is 10.9. The van der Waals surface area contributed by atoms with Gasteiger partial charge >= 0.3 is 0 Å². The van der Waals surface area contributed by atoms with Crippen LogP contribution in [0.15, 0.2) is 71.6 Å². The number of aliphatic hydroxyl groups excluding tert-OH is 1. The predicted molar refractivity (Wildman–Crippen MR) is 122 cm³/mol. The molecule has 4 rings (SSSR count). The lowest BCUT2D eigenvalue weighted by Crippen LogP contribution is -2.29. The van der Waals surface area contributed by atoms with Crippen LogP contribution in [0.5, 0.6) is 5.75 Å². The van der Waals surface area contributed by atoms with Crippen molar-refractivity contribution in [3.63, 3.8) is 0 Å². The molecular weight excluding hydrogens is 410 g/mol. The second-order valence-corrected chi connectivity index (χ2v) is 8.64. The quantitative estimate of drug-likeness (QED) is 0.329. The van der Waals surface area contributed by atoms with Crippen molar-refractivity contribution in [3.05, 3.63) is 87.6 Å². The zero-order valence-corrected chi connectivity index (χ0v) is 18.3. The van der Waals surface area contributed by atoms with Gasteiger partial charge in [0.15, 0.2) is 0 Å². The maximum atomic E-state index is 13.1. The van der Waals surface area contributed by atoms with E-state index in [9.17, 15) is 14.7 Å². The molecule has 31 heavy (non-hydrogen) atoms. The number of amides is 1. The number of hydrogen-bond acceptors (Lipinski definition) is 5. The van der Waals surface area contributed by atoms with Gasteiger partial charge < -0.3 is 9.84 Å². The summed E-state index contributed by atoms with van der Waals surface area (Å²) in [5.74, 6) is -0.972. The topological polar surface area (TPSA) is 66.8 Å². The van der Waals surface area contributed by atoms with Crippen LogP contribution in [0.2, 0.25) is 0 Å². The monoisotopic (exact) mass is 433 g/mol. The van der Waals surface area contributed by atoms with Gasteiger partial charge in [-0.2, -0.15) is 0 Å². The number of carbonyl (C=O) groups excluding carboxylic acids is 2. The number of ketones is 1. The zero-order chi connectivity index (χ0) is 22.1. The highest BCUT2D eigenvalue weighted by Crippen LogP contribution is 2.44. The lowest BCUT2D eigenvalue weighted by atomic mass is 9.99. The van der Waals surface area contributed by atoms with Crippen LogP contribution in [0.25, 0.3) is 5.76 Å². The summed E-state index contributed by atoms with van der Waals surface area (Å²) >= 11 is 1.44. The standard InChI is InChI=1S/C25H23NO4S/c1-15(2)30-18-10-6-9-17(14-18)23(27)21-22(20-12-7-13-31-20)26(25(29)24(21)28)19-11-5-4-8-16(19)3/h4-15,22,27H,1-3H3/b23-21-. The molecule has 1 N–H and O–H groups in total. The van der Waals surface area contributed by atoms with Crippen LogP contribution in [0, 0.1) is 6.92 Å². The first-order valence-electron chi connectivity index (χ1n) is 10.1. The average Bonchev–Trinajstić information content (AvgIpc) is 3.35. The highest BCUT2D eigenvalue weighted by atomic mass is 32.1.